The molecule has 0 aromatic heterocycles. The molecule has 2 aromatic carbocycles. The third kappa shape index (κ3) is 6.68. The lowest BCUT2D eigenvalue weighted by molar-refractivity contribution is -0.140. The monoisotopic (exact) mass is 446 g/mol. The molecule has 1 atom stereocenters. The first-order chi connectivity index (χ1) is 13.4. The number of aryl methyl sites for hydroxylation is 1. The molecule has 0 aliphatic heterocycles. The number of hydrogen-bond donors (Lipinski definition) is 1. The number of ether oxygens (including phenoxy) is 1. The Hall–Kier alpha value is -2.34. The number of nitrogens with zero attached hydrogens (tertiary/aromatic N) is 1. The first-order valence-corrected chi connectivity index (χ1v) is 10.1. The zero-order valence-corrected chi connectivity index (χ0v) is 18.2. The molecule has 0 saturated carbocycles. The summed E-state index contributed by atoms with van der Waals surface area (Å²) >= 11 is 3.45. The summed E-state index contributed by atoms with van der Waals surface area (Å²) in [6.45, 7) is 4.60. The Labute approximate surface area is 175 Å². The molecule has 0 radical (unpaired) electrons. The Kier molecular flexibility index (Phi) is 8.51. The molecule has 150 valence electrons. The standard InChI is InChI=1S/C22H27BrN2O3/c1-16-9-11-20(12-10-16)28-13-5-8-21(26)25(17(2)22(27)24-3)15-18-6-4-7-19(23)14-18/h4,6-7,9-12,14,17H,5,8,13,15H2,1-3H3,(H,24,27)/t17-/m1/s1. The van der Waals surface area contributed by atoms with E-state index in [1.54, 1.807) is 18.9 Å². The average Bonchev–Trinajstić information content (AvgIpc) is 2.69. The van der Waals surface area contributed by atoms with Crippen LogP contribution in [0.25, 0.3) is 0 Å². The van der Waals surface area contributed by atoms with Crippen LogP contribution in [0.15, 0.2) is 53.0 Å². The first-order valence-electron chi connectivity index (χ1n) is 9.35. The molecule has 2 amide bonds. The van der Waals surface area contributed by atoms with Crippen molar-refractivity contribution in [3.8, 4) is 5.75 Å². The number of carbonyl (C=O) groups is 2. The Morgan fingerprint density at radius 3 is 2.54 bits per heavy atom. The Morgan fingerprint density at radius 2 is 1.89 bits per heavy atom. The zero-order valence-electron chi connectivity index (χ0n) is 16.6. The molecule has 0 bridgehead atoms. The second-order valence-electron chi connectivity index (χ2n) is 6.71. The van der Waals surface area contributed by atoms with Gasteiger partial charge in [-0.1, -0.05) is 45.8 Å². The highest BCUT2D eigenvalue weighted by atomic mass is 79.9. The minimum atomic E-state index is -0.547. The van der Waals surface area contributed by atoms with Crippen molar-refractivity contribution >= 4 is 27.7 Å². The molecule has 28 heavy (non-hydrogen) atoms. The molecule has 0 heterocycles. The molecule has 2 aromatic rings. The van der Waals surface area contributed by atoms with E-state index in [2.05, 4.69) is 21.2 Å². The van der Waals surface area contributed by atoms with Crippen LogP contribution in [0.3, 0.4) is 0 Å². The number of hydrogen-bond acceptors (Lipinski definition) is 3. The fourth-order valence-corrected chi connectivity index (χ4v) is 3.26. The third-order valence-corrected chi connectivity index (χ3v) is 4.97. The maximum Gasteiger partial charge on any atom is 0.242 e. The minimum Gasteiger partial charge on any atom is -0.494 e. The van der Waals surface area contributed by atoms with Crippen LogP contribution in [0.4, 0.5) is 0 Å². The summed E-state index contributed by atoms with van der Waals surface area (Å²) in [5.74, 6) is 0.547. The highest BCUT2D eigenvalue weighted by molar-refractivity contribution is 9.10. The summed E-state index contributed by atoms with van der Waals surface area (Å²) in [4.78, 5) is 26.6. The molecule has 1 N–H and O–H groups in total. The summed E-state index contributed by atoms with van der Waals surface area (Å²) < 4.78 is 6.64. The number of nitrogens with one attached hydrogen (secondary N) is 1. The smallest absolute Gasteiger partial charge is 0.242 e. The summed E-state index contributed by atoms with van der Waals surface area (Å²) in [5, 5.41) is 2.62. The van der Waals surface area contributed by atoms with Gasteiger partial charge in [0.1, 0.15) is 11.8 Å². The van der Waals surface area contributed by atoms with E-state index < -0.39 is 6.04 Å². The second kappa shape index (κ2) is 10.9. The van der Waals surface area contributed by atoms with Crippen molar-refractivity contribution in [3.63, 3.8) is 0 Å². The van der Waals surface area contributed by atoms with E-state index in [-0.39, 0.29) is 11.8 Å². The van der Waals surface area contributed by atoms with Crippen molar-refractivity contribution in [3.05, 3.63) is 64.1 Å². The number of rotatable bonds is 9. The highest BCUT2D eigenvalue weighted by Gasteiger charge is 2.25. The molecule has 2 rings (SSSR count). The van der Waals surface area contributed by atoms with Crippen molar-refractivity contribution in [2.75, 3.05) is 13.7 Å². The SMILES string of the molecule is CNC(=O)[C@@H](C)N(Cc1cccc(Br)c1)C(=O)CCCOc1ccc(C)cc1. The molecule has 0 unspecified atom stereocenters. The number of amides is 2. The van der Waals surface area contributed by atoms with E-state index >= 15 is 0 Å². The van der Waals surface area contributed by atoms with E-state index in [0.29, 0.717) is 26.0 Å². The summed E-state index contributed by atoms with van der Waals surface area (Å²) in [7, 11) is 1.58. The number of halogens is 1. The van der Waals surface area contributed by atoms with Gasteiger partial charge in [0.25, 0.3) is 0 Å². The zero-order chi connectivity index (χ0) is 20.5. The molecule has 0 spiro atoms. The van der Waals surface area contributed by atoms with Gasteiger partial charge in [0, 0.05) is 24.5 Å². The molecular weight excluding hydrogens is 420 g/mol. The molecule has 0 fully saturated rings. The predicted molar refractivity (Wildman–Crippen MR) is 114 cm³/mol. The maximum absolute atomic E-state index is 12.8. The van der Waals surface area contributed by atoms with Crippen LogP contribution in [0.5, 0.6) is 5.75 Å². The second-order valence-corrected chi connectivity index (χ2v) is 7.62. The molecule has 6 heteroatoms. The van der Waals surface area contributed by atoms with Crippen molar-refractivity contribution in [1.29, 1.82) is 0 Å². The van der Waals surface area contributed by atoms with Gasteiger partial charge >= 0.3 is 0 Å². The Balaban J connectivity index is 1.95. The fourth-order valence-electron chi connectivity index (χ4n) is 2.82. The van der Waals surface area contributed by atoms with Crippen LogP contribution < -0.4 is 10.1 Å². The van der Waals surface area contributed by atoms with Crippen LogP contribution >= 0.6 is 15.9 Å². The third-order valence-electron chi connectivity index (χ3n) is 4.48. The minimum absolute atomic E-state index is 0.0661. The van der Waals surface area contributed by atoms with Crippen molar-refractivity contribution < 1.29 is 14.3 Å². The quantitative estimate of drug-likeness (QED) is 0.590. The summed E-state index contributed by atoms with van der Waals surface area (Å²) in [6, 6.07) is 15.0. The topological polar surface area (TPSA) is 58.6 Å². The van der Waals surface area contributed by atoms with Gasteiger partial charge < -0.3 is 15.0 Å². The van der Waals surface area contributed by atoms with E-state index in [4.69, 9.17) is 4.74 Å². The lowest BCUT2D eigenvalue weighted by Gasteiger charge is -2.28. The van der Waals surface area contributed by atoms with Gasteiger partial charge in [-0.05, 0) is 50.1 Å². The van der Waals surface area contributed by atoms with Crippen molar-refractivity contribution in [1.82, 2.24) is 10.2 Å². The molecule has 0 saturated heterocycles. The van der Waals surface area contributed by atoms with Gasteiger partial charge in [-0.3, -0.25) is 9.59 Å². The molecule has 5 nitrogen and oxygen atoms in total. The molecular formula is C22H27BrN2O3. The number of likely N-dealkylation sites (N-methyl/N-ethyl adjacent to an activating group) is 1. The van der Waals surface area contributed by atoms with Gasteiger partial charge in [0.05, 0.1) is 6.61 Å². The van der Waals surface area contributed by atoms with Gasteiger partial charge in [0.2, 0.25) is 11.8 Å². The first kappa shape index (κ1) is 22.0. The van der Waals surface area contributed by atoms with E-state index in [1.807, 2.05) is 55.5 Å². The normalized spacial score (nSPS) is 11.6. The van der Waals surface area contributed by atoms with Crippen LogP contribution in [0.2, 0.25) is 0 Å². The number of carbonyl (C=O) groups excluding carboxylic acids is 2. The fraction of sp³-hybridized carbons (Fsp3) is 0.364. The Bertz CT molecular complexity index is 793. The molecule has 0 aliphatic rings. The van der Waals surface area contributed by atoms with Crippen LogP contribution in [0, 0.1) is 6.92 Å². The van der Waals surface area contributed by atoms with Crippen LogP contribution in [-0.2, 0) is 16.1 Å². The van der Waals surface area contributed by atoms with Gasteiger partial charge in [-0.15, -0.1) is 0 Å². The van der Waals surface area contributed by atoms with Gasteiger partial charge in [-0.2, -0.15) is 0 Å². The van der Waals surface area contributed by atoms with E-state index in [9.17, 15) is 9.59 Å². The largest absolute Gasteiger partial charge is 0.494 e. The van der Waals surface area contributed by atoms with Crippen LogP contribution in [0.1, 0.15) is 30.9 Å². The lowest BCUT2D eigenvalue weighted by Crippen LogP contribution is -2.46. The van der Waals surface area contributed by atoms with E-state index in [1.165, 1.54) is 5.56 Å². The molecule has 0 aliphatic carbocycles. The summed E-state index contributed by atoms with van der Waals surface area (Å²) in [6.07, 6.45) is 0.906. The predicted octanol–water partition coefficient (Wildman–Crippen LogP) is 4.08. The summed E-state index contributed by atoms with van der Waals surface area (Å²) in [5.41, 5.74) is 2.14. The number of benzene rings is 2. The van der Waals surface area contributed by atoms with E-state index in [0.717, 1.165) is 15.8 Å². The van der Waals surface area contributed by atoms with Crippen molar-refractivity contribution in [2.45, 2.75) is 39.3 Å². The van der Waals surface area contributed by atoms with Crippen molar-refractivity contribution in [2.24, 2.45) is 0 Å². The van der Waals surface area contributed by atoms with Gasteiger partial charge in [0.15, 0.2) is 0 Å². The van der Waals surface area contributed by atoms with Gasteiger partial charge in [-0.25, -0.2) is 0 Å². The average molecular weight is 447 g/mol. The maximum atomic E-state index is 12.8. The van der Waals surface area contributed by atoms with Crippen LogP contribution in [-0.4, -0.2) is 36.4 Å². The highest BCUT2D eigenvalue weighted by Crippen LogP contribution is 2.17. The lowest BCUT2D eigenvalue weighted by atomic mass is 10.1. The Morgan fingerprint density at radius 1 is 1.18 bits per heavy atom.